The Labute approximate surface area is 109 Å². The Balaban J connectivity index is 2.15. The van der Waals surface area contributed by atoms with Crippen LogP contribution in [-0.2, 0) is 4.79 Å². The Bertz CT molecular complexity index is 433. The molecular formula is C13H14BrNO2. The predicted molar refractivity (Wildman–Crippen MR) is 71.8 cm³/mol. The summed E-state index contributed by atoms with van der Waals surface area (Å²) in [5, 5.41) is 0. The van der Waals surface area contributed by atoms with E-state index < -0.39 is 0 Å². The van der Waals surface area contributed by atoms with Crippen molar-refractivity contribution in [3.8, 4) is 5.75 Å². The third-order valence-electron chi connectivity index (χ3n) is 2.57. The molecule has 1 unspecified atom stereocenters. The highest BCUT2D eigenvalue weighted by Gasteiger charge is 2.28. The van der Waals surface area contributed by atoms with Crippen molar-refractivity contribution >= 4 is 27.5 Å². The lowest BCUT2D eigenvalue weighted by Gasteiger charge is -2.16. The maximum Gasteiger partial charge on any atom is 0.228 e. The number of alkyl halides is 1. The molecule has 4 heteroatoms. The van der Waals surface area contributed by atoms with Crippen LogP contribution in [0.1, 0.15) is 6.42 Å². The molecular weight excluding hydrogens is 282 g/mol. The van der Waals surface area contributed by atoms with Gasteiger partial charge in [-0.15, -0.1) is 0 Å². The number of hydrogen-bond donors (Lipinski definition) is 0. The lowest BCUT2D eigenvalue weighted by atomic mass is 10.3. The second-order valence-corrected chi connectivity index (χ2v) is 5.20. The molecule has 1 aliphatic heterocycles. The Morgan fingerprint density at radius 2 is 2.41 bits per heavy atom. The van der Waals surface area contributed by atoms with Crippen LogP contribution in [0.15, 0.2) is 36.9 Å². The van der Waals surface area contributed by atoms with Crippen LogP contribution >= 0.6 is 15.9 Å². The average molecular weight is 296 g/mol. The Morgan fingerprint density at radius 1 is 1.59 bits per heavy atom. The minimum Gasteiger partial charge on any atom is -0.489 e. The highest BCUT2D eigenvalue weighted by Crippen LogP contribution is 2.27. The van der Waals surface area contributed by atoms with Crippen LogP contribution in [0.3, 0.4) is 0 Å². The number of hydrogen-bond acceptors (Lipinski definition) is 2. The van der Waals surface area contributed by atoms with Crippen molar-refractivity contribution in [1.82, 2.24) is 0 Å². The summed E-state index contributed by atoms with van der Waals surface area (Å²) in [5.74, 6) is 0.904. The van der Waals surface area contributed by atoms with Gasteiger partial charge in [-0.3, -0.25) is 4.79 Å². The fourth-order valence-electron chi connectivity index (χ4n) is 1.81. The molecule has 0 bridgehead atoms. The molecule has 3 nitrogen and oxygen atoms in total. The monoisotopic (exact) mass is 295 g/mol. The quantitative estimate of drug-likeness (QED) is 0.631. The second-order valence-electron chi connectivity index (χ2n) is 3.90. The van der Waals surface area contributed by atoms with Crippen molar-refractivity contribution in [2.75, 3.05) is 18.1 Å². The zero-order valence-electron chi connectivity index (χ0n) is 9.43. The fraction of sp³-hybridized carbons (Fsp3) is 0.308. The molecule has 1 aliphatic rings. The predicted octanol–water partition coefficient (Wildman–Crippen LogP) is 2.75. The lowest BCUT2D eigenvalue weighted by Crippen LogP contribution is -2.24. The maximum absolute atomic E-state index is 11.7. The molecule has 0 saturated carbocycles. The molecule has 1 heterocycles. The van der Waals surface area contributed by atoms with E-state index in [1.54, 1.807) is 11.0 Å². The molecule has 0 aliphatic carbocycles. The zero-order valence-corrected chi connectivity index (χ0v) is 11.0. The molecule has 1 aromatic carbocycles. The van der Waals surface area contributed by atoms with Crippen LogP contribution < -0.4 is 9.64 Å². The highest BCUT2D eigenvalue weighted by atomic mass is 79.9. The summed E-state index contributed by atoms with van der Waals surface area (Å²) in [6.45, 7) is 4.78. The highest BCUT2D eigenvalue weighted by molar-refractivity contribution is 9.09. The Morgan fingerprint density at radius 3 is 3.06 bits per heavy atom. The molecule has 0 N–H and O–H groups in total. The van der Waals surface area contributed by atoms with Gasteiger partial charge < -0.3 is 9.64 Å². The van der Waals surface area contributed by atoms with Crippen molar-refractivity contribution in [3.63, 3.8) is 0 Å². The van der Waals surface area contributed by atoms with E-state index >= 15 is 0 Å². The summed E-state index contributed by atoms with van der Waals surface area (Å²) in [7, 11) is 0. The molecule has 1 saturated heterocycles. The van der Waals surface area contributed by atoms with Crippen LogP contribution in [-0.4, -0.2) is 23.9 Å². The molecule has 90 valence electrons. The smallest absolute Gasteiger partial charge is 0.228 e. The van der Waals surface area contributed by atoms with Crippen molar-refractivity contribution in [1.29, 1.82) is 0 Å². The van der Waals surface area contributed by atoms with Crippen LogP contribution in [0, 0.1) is 0 Å². The molecule has 1 fully saturated rings. The molecule has 2 rings (SSSR count). The molecule has 1 atom stereocenters. The first-order valence-electron chi connectivity index (χ1n) is 5.49. The van der Waals surface area contributed by atoms with Gasteiger partial charge in [-0.05, 0) is 12.1 Å². The summed E-state index contributed by atoms with van der Waals surface area (Å²) >= 11 is 3.47. The molecule has 0 aromatic heterocycles. The van der Waals surface area contributed by atoms with Gasteiger partial charge in [0.25, 0.3) is 0 Å². The third kappa shape index (κ3) is 2.88. The van der Waals surface area contributed by atoms with Gasteiger partial charge in [0.15, 0.2) is 0 Å². The number of benzene rings is 1. The number of ether oxygens (including phenoxy) is 1. The number of anilines is 1. The molecule has 1 amide bonds. The molecule has 1 aromatic rings. The average Bonchev–Trinajstić information content (AvgIpc) is 2.66. The fourth-order valence-corrected chi connectivity index (χ4v) is 2.38. The minimum absolute atomic E-state index is 0.146. The SMILES string of the molecule is C=CCOc1cccc(N2CC(Br)CC2=O)c1. The topological polar surface area (TPSA) is 29.5 Å². The summed E-state index contributed by atoms with van der Waals surface area (Å²) in [6.07, 6.45) is 2.25. The summed E-state index contributed by atoms with van der Waals surface area (Å²) in [6, 6.07) is 7.57. The standard InChI is InChI=1S/C13H14BrNO2/c1-2-6-17-12-5-3-4-11(8-12)15-9-10(14)7-13(15)16/h2-5,8,10H,1,6-7,9H2. The van der Waals surface area contributed by atoms with Gasteiger partial charge in [0.1, 0.15) is 12.4 Å². The molecule has 0 spiro atoms. The van der Waals surface area contributed by atoms with E-state index in [9.17, 15) is 4.79 Å². The van der Waals surface area contributed by atoms with Gasteiger partial charge in [-0.2, -0.15) is 0 Å². The van der Waals surface area contributed by atoms with Crippen LogP contribution in [0.25, 0.3) is 0 Å². The van der Waals surface area contributed by atoms with Gasteiger partial charge in [0, 0.05) is 29.5 Å². The number of carbonyl (C=O) groups is 1. The van der Waals surface area contributed by atoms with E-state index in [0.29, 0.717) is 19.6 Å². The normalized spacial score (nSPS) is 19.5. The maximum atomic E-state index is 11.7. The first-order chi connectivity index (χ1) is 8.20. The number of nitrogens with zero attached hydrogens (tertiary/aromatic N) is 1. The van der Waals surface area contributed by atoms with Gasteiger partial charge in [-0.25, -0.2) is 0 Å². The second kappa shape index (κ2) is 5.36. The number of carbonyl (C=O) groups excluding carboxylic acids is 1. The van der Waals surface area contributed by atoms with Gasteiger partial charge in [-0.1, -0.05) is 34.7 Å². The van der Waals surface area contributed by atoms with Crippen molar-refractivity contribution in [2.45, 2.75) is 11.2 Å². The zero-order chi connectivity index (χ0) is 12.3. The number of amides is 1. The first kappa shape index (κ1) is 12.2. The van der Waals surface area contributed by atoms with E-state index in [2.05, 4.69) is 22.5 Å². The number of halogens is 1. The lowest BCUT2D eigenvalue weighted by molar-refractivity contribution is -0.117. The molecule has 0 radical (unpaired) electrons. The van der Waals surface area contributed by atoms with Crippen molar-refractivity contribution in [3.05, 3.63) is 36.9 Å². The van der Waals surface area contributed by atoms with Crippen LogP contribution in [0.5, 0.6) is 5.75 Å². The van der Waals surface area contributed by atoms with Crippen molar-refractivity contribution < 1.29 is 9.53 Å². The Kier molecular flexibility index (Phi) is 3.84. The largest absolute Gasteiger partial charge is 0.489 e. The van der Waals surface area contributed by atoms with E-state index in [4.69, 9.17) is 4.74 Å². The van der Waals surface area contributed by atoms with Crippen LogP contribution in [0.4, 0.5) is 5.69 Å². The number of rotatable bonds is 4. The molecule has 17 heavy (non-hydrogen) atoms. The third-order valence-corrected chi connectivity index (χ3v) is 3.19. The summed E-state index contributed by atoms with van der Waals surface area (Å²) in [4.78, 5) is 13.8. The van der Waals surface area contributed by atoms with E-state index in [1.807, 2.05) is 24.3 Å². The van der Waals surface area contributed by atoms with Gasteiger partial charge in [0.05, 0.1) is 0 Å². The minimum atomic E-state index is 0.146. The van der Waals surface area contributed by atoms with E-state index in [0.717, 1.165) is 11.4 Å². The van der Waals surface area contributed by atoms with Crippen molar-refractivity contribution in [2.24, 2.45) is 0 Å². The van der Waals surface area contributed by atoms with E-state index in [1.165, 1.54) is 0 Å². The van der Waals surface area contributed by atoms with Gasteiger partial charge in [0.2, 0.25) is 5.91 Å². The Hall–Kier alpha value is -1.29. The summed E-state index contributed by atoms with van der Waals surface area (Å²) < 4.78 is 5.45. The summed E-state index contributed by atoms with van der Waals surface area (Å²) in [5.41, 5.74) is 0.888. The first-order valence-corrected chi connectivity index (χ1v) is 6.40. The van der Waals surface area contributed by atoms with E-state index in [-0.39, 0.29) is 10.7 Å². The van der Waals surface area contributed by atoms with Crippen LogP contribution in [0.2, 0.25) is 0 Å². The van der Waals surface area contributed by atoms with Gasteiger partial charge >= 0.3 is 0 Å².